The summed E-state index contributed by atoms with van der Waals surface area (Å²) in [5.41, 5.74) is 3.52. The van der Waals surface area contributed by atoms with E-state index in [1.54, 1.807) is 30.3 Å². The molecule has 1 aliphatic heterocycles. The summed E-state index contributed by atoms with van der Waals surface area (Å²) in [6.07, 6.45) is 9.29. The van der Waals surface area contributed by atoms with E-state index in [2.05, 4.69) is 13.5 Å². The summed E-state index contributed by atoms with van der Waals surface area (Å²) in [5, 5.41) is 0. The molecule has 4 rings (SSSR count). The van der Waals surface area contributed by atoms with Gasteiger partial charge in [0.15, 0.2) is 11.6 Å². The molecule has 1 saturated heterocycles. The Morgan fingerprint density at radius 3 is 2.31 bits per heavy atom. The minimum absolute atomic E-state index is 0.0595. The van der Waals surface area contributed by atoms with Gasteiger partial charge in [0.2, 0.25) is 0 Å². The largest absolute Gasteiger partial charge is 0.378 e. The molecule has 2 unspecified atom stereocenters. The molecule has 0 radical (unpaired) electrons. The Hall–Kier alpha value is -2.85. The third kappa shape index (κ3) is 6.10. The van der Waals surface area contributed by atoms with Crippen LogP contribution in [0.2, 0.25) is 0 Å². The first kappa shape index (κ1) is 26.2. The number of unbranched alkanes of at least 4 members (excludes halogenated alkanes) is 2. The van der Waals surface area contributed by atoms with Gasteiger partial charge in [0.05, 0.1) is 12.7 Å². The van der Waals surface area contributed by atoms with Crippen molar-refractivity contribution in [2.45, 2.75) is 70.3 Å². The quantitative estimate of drug-likeness (QED) is 0.202. The lowest BCUT2D eigenvalue weighted by atomic mass is 9.89. The second-order valence-electron chi connectivity index (χ2n) is 9.77. The molecule has 0 spiro atoms. The van der Waals surface area contributed by atoms with Crippen LogP contribution in [0.5, 0.6) is 0 Å². The highest BCUT2D eigenvalue weighted by Gasteiger charge is 2.24. The molecule has 36 heavy (non-hydrogen) atoms. The zero-order valence-corrected chi connectivity index (χ0v) is 21.0. The first-order valence-electron chi connectivity index (χ1n) is 13.1. The number of hydrogen-bond acceptors (Lipinski definition) is 1. The maximum atomic E-state index is 15.1. The predicted octanol–water partition coefficient (Wildman–Crippen LogP) is 9.40. The minimum Gasteiger partial charge on any atom is -0.378 e. The highest BCUT2D eigenvalue weighted by Crippen LogP contribution is 2.34. The molecule has 190 valence electrons. The van der Waals surface area contributed by atoms with E-state index in [0.717, 1.165) is 56.1 Å². The van der Waals surface area contributed by atoms with E-state index in [1.165, 1.54) is 0 Å². The summed E-state index contributed by atoms with van der Waals surface area (Å²) in [6, 6.07) is 15.8. The van der Waals surface area contributed by atoms with Gasteiger partial charge in [-0.3, -0.25) is 0 Å². The van der Waals surface area contributed by atoms with Crippen LogP contribution in [0.15, 0.2) is 67.3 Å². The molecule has 1 aliphatic rings. The summed E-state index contributed by atoms with van der Waals surface area (Å²) in [6.45, 7) is 6.37. The lowest BCUT2D eigenvalue weighted by Gasteiger charge is -2.29. The normalized spacial score (nSPS) is 17.8. The fraction of sp³-hybridized carbons (Fsp3) is 0.375. The Morgan fingerprint density at radius 1 is 0.889 bits per heavy atom. The molecular weight excluding hydrogens is 457 g/mol. The molecule has 0 saturated carbocycles. The number of benzene rings is 3. The SMILES string of the molecule is C=CCCC1CCC(c2ccc(-c3ccc(-c4ccc(CCCCC)c(F)c4F)cc3)cc2F)CO1. The molecule has 1 heterocycles. The van der Waals surface area contributed by atoms with E-state index in [1.807, 2.05) is 30.3 Å². The molecule has 1 nitrogen and oxygen atoms in total. The molecule has 0 amide bonds. The van der Waals surface area contributed by atoms with Crippen LogP contribution in [-0.4, -0.2) is 12.7 Å². The van der Waals surface area contributed by atoms with Crippen LogP contribution >= 0.6 is 0 Å². The van der Waals surface area contributed by atoms with E-state index in [0.29, 0.717) is 29.7 Å². The Morgan fingerprint density at radius 2 is 1.64 bits per heavy atom. The third-order valence-corrected chi connectivity index (χ3v) is 7.24. The first-order valence-corrected chi connectivity index (χ1v) is 13.1. The van der Waals surface area contributed by atoms with Gasteiger partial charge in [0.25, 0.3) is 0 Å². The van der Waals surface area contributed by atoms with Crippen LogP contribution in [-0.2, 0) is 11.2 Å². The molecule has 3 aromatic carbocycles. The number of ether oxygens (including phenoxy) is 1. The average Bonchev–Trinajstić information content (AvgIpc) is 2.90. The number of halogens is 3. The van der Waals surface area contributed by atoms with Gasteiger partial charge in [-0.1, -0.05) is 74.4 Å². The Labute approximate surface area is 213 Å². The zero-order valence-electron chi connectivity index (χ0n) is 21.0. The summed E-state index contributed by atoms with van der Waals surface area (Å²) < 4.78 is 50.4. The minimum atomic E-state index is -0.812. The van der Waals surface area contributed by atoms with Gasteiger partial charge in [-0.05, 0) is 72.4 Å². The van der Waals surface area contributed by atoms with Gasteiger partial charge in [0.1, 0.15) is 5.82 Å². The van der Waals surface area contributed by atoms with Gasteiger partial charge < -0.3 is 4.74 Å². The monoisotopic (exact) mass is 492 g/mol. The fourth-order valence-electron chi connectivity index (χ4n) is 5.03. The number of rotatable bonds is 10. The van der Waals surface area contributed by atoms with Crippen LogP contribution < -0.4 is 0 Å². The van der Waals surface area contributed by atoms with Crippen molar-refractivity contribution in [2.24, 2.45) is 0 Å². The molecule has 4 heteroatoms. The lowest BCUT2D eigenvalue weighted by molar-refractivity contribution is -0.000784. The Bertz CT molecular complexity index is 1160. The second kappa shape index (κ2) is 12.4. The highest BCUT2D eigenvalue weighted by molar-refractivity contribution is 5.71. The van der Waals surface area contributed by atoms with Crippen molar-refractivity contribution >= 4 is 0 Å². The summed E-state index contributed by atoms with van der Waals surface area (Å²) in [4.78, 5) is 0. The van der Waals surface area contributed by atoms with Crippen molar-refractivity contribution in [3.05, 3.63) is 95.8 Å². The van der Waals surface area contributed by atoms with Gasteiger partial charge in [0, 0.05) is 11.5 Å². The molecular formula is C32H35F3O. The molecule has 1 fully saturated rings. The topological polar surface area (TPSA) is 9.23 Å². The van der Waals surface area contributed by atoms with Crippen molar-refractivity contribution in [1.29, 1.82) is 0 Å². The molecule has 0 N–H and O–H groups in total. The molecule has 0 aliphatic carbocycles. The number of aryl methyl sites for hydroxylation is 1. The van der Waals surface area contributed by atoms with Gasteiger partial charge in [-0.25, -0.2) is 13.2 Å². The van der Waals surface area contributed by atoms with Crippen molar-refractivity contribution in [3.8, 4) is 22.3 Å². The zero-order chi connectivity index (χ0) is 25.5. The van der Waals surface area contributed by atoms with E-state index in [-0.39, 0.29) is 23.4 Å². The average molecular weight is 493 g/mol. The fourth-order valence-corrected chi connectivity index (χ4v) is 5.03. The maximum absolute atomic E-state index is 15.1. The predicted molar refractivity (Wildman–Crippen MR) is 142 cm³/mol. The summed E-state index contributed by atoms with van der Waals surface area (Å²) in [5.74, 6) is -1.75. The molecule has 2 atom stereocenters. The summed E-state index contributed by atoms with van der Waals surface area (Å²) >= 11 is 0. The second-order valence-corrected chi connectivity index (χ2v) is 9.77. The molecule has 0 aromatic heterocycles. The van der Waals surface area contributed by atoms with Crippen molar-refractivity contribution in [1.82, 2.24) is 0 Å². The standard InChI is InChI=1S/C32H35F3O/c1-3-5-7-8-24-15-19-29(32(35)31(24)34)23-12-10-22(11-13-23)25-16-18-28(30(33)20-25)26-14-17-27(36-21-26)9-6-4-2/h4,10-13,15-16,18-20,26-27H,2-3,5-9,14,17,21H2,1H3. The van der Waals surface area contributed by atoms with Crippen LogP contribution in [0.3, 0.4) is 0 Å². The van der Waals surface area contributed by atoms with Crippen LogP contribution in [0.4, 0.5) is 13.2 Å². The maximum Gasteiger partial charge on any atom is 0.166 e. The molecule has 3 aromatic rings. The van der Waals surface area contributed by atoms with Crippen LogP contribution in [0.25, 0.3) is 22.3 Å². The van der Waals surface area contributed by atoms with E-state index >= 15 is 4.39 Å². The van der Waals surface area contributed by atoms with Crippen LogP contribution in [0, 0.1) is 17.5 Å². The Balaban J connectivity index is 1.45. The van der Waals surface area contributed by atoms with E-state index in [4.69, 9.17) is 4.74 Å². The number of hydrogen-bond donors (Lipinski definition) is 0. The van der Waals surface area contributed by atoms with Gasteiger partial charge in [-0.2, -0.15) is 0 Å². The number of allylic oxidation sites excluding steroid dienone is 1. The highest BCUT2D eigenvalue weighted by atomic mass is 19.2. The molecule has 0 bridgehead atoms. The van der Waals surface area contributed by atoms with Gasteiger partial charge in [-0.15, -0.1) is 6.58 Å². The smallest absolute Gasteiger partial charge is 0.166 e. The third-order valence-electron chi connectivity index (χ3n) is 7.24. The first-order chi connectivity index (χ1) is 17.5. The summed E-state index contributed by atoms with van der Waals surface area (Å²) in [7, 11) is 0. The van der Waals surface area contributed by atoms with E-state index in [9.17, 15) is 8.78 Å². The van der Waals surface area contributed by atoms with Gasteiger partial charge >= 0.3 is 0 Å². The Kier molecular flexibility index (Phi) is 9.03. The van der Waals surface area contributed by atoms with E-state index < -0.39 is 11.6 Å². The van der Waals surface area contributed by atoms with Crippen molar-refractivity contribution in [2.75, 3.05) is 6.61 Å². The lowest BCUT2D eigenvalue weighted by Crippen LogP contribution is -2.25. The van der Waals surface area contributed by atoms with Crippen molar-refractivity contribution < 1.29 is 17.9 Å². The van der Waals surface area contributed by atoms with Crippen molar-refractivity contribution in [3.63, 3.8) is 0 Å². The van der Waals surface area contributed by atoms with Crippen LogP contribution in [0.1, 0.15) is 68.9 Å².